The van der Waals surface area contributed by atoms with E-state index in [1.165, 1.54) is 12.8 Å². The summed E-state index contributed by atoms with van der Waals surface area (Å²) in [5, 5.41) is 20.1. The van der Waals surface area contributed by atoms with E-state index >= 15 is 0 Å². The van der Waals surface area contributed by atoms with Crippen LogP contribution in [0.5, 0.6) is 0 Å². The molecule has 25 heavy (non-hydrogen) atoms. The molecule has 144 valence electrons. The van der Waals surface area contributed by atoms with Crippen LogP contribution in [-0.2, 0) is 9.59 Å². The Balaban J connectivity index is -0.000000372. The van der Waals surface area contributed by atoms with E-state index in [9.17, 15) is 19.8 Å². The minimum absolute atomic E-state index is 0. The topological polar surface area (TPSA) is 80.3 Å². The van der Waals surface area contributed by atoms with Gasteiger partial charge < -0.3 is 19.8 Å². The zero-order valence-electron chi connectivity index (χ0n) is 17.4. The maximum Gasteiger partial charge on any atom is 2.00 e. The van der Waals surface area contributed by atoms with E-state index in [2.05, 4.69) is 41.5 Å². The van der Waals surface area contributed by atoms with Gasteiger partial charge in [-0.25, -0.2) is 0 Å². The molecule has 0 aromatic carbocycles. The van der Waals surface area contributed by atoms with Crippen LogP contribution in [0.4, 0.5) is 0 Å². The molecule has 0 aromatic heterocycles. The molecule has 4 nitrogen and oxygen atoms in total. The van der Waals surface area contributed by atoms with E-state index < -0.39 is 11.9 Å². The number of hydrogen-bond acceptors (Lipinski definition) is 4. The Morgan fingerprint density at radius 1 is 0.600 bits per heavy atom. The summed E-state index contributed by atoms with van der Waals surface area (Å²) < 4.78 is 0. The fourth-order valence-corrected chi connectivity index (χ4v) is 2.20. The number of unbranched alkanes of at least 4 members (excludes halogenated alkanes) is 4. The van der Waals surface area contributed by atoms with Crippen molar-refractivity contribution in [3.8, 4) is 0 Å². The van der Waals surface area contributed by atoms with Crippen LogP contribution in [0.3, 0.4) is 0 Å². The van der Waals surface area contributed by atoms with Crippen LogP contribution in [0.1, 0.15) is 106 Å². The number of aliphatic carboxylic acids is 2. The number of carboxylic acid groups (broad SMARTS) is 2. The zero-order chi connectivity index (χ0) is 19.2. The van der Waals surface area contributed by atoms with Gasteiger partial charge in [0.2, 0.25) is 0 Å². The van der Waals surface area contributed by atoms with E-state index in [1.807, 2.05) is 0 Å². The molecule has 0 rings (SSSR count). The molecule has 0 unspecified atom stereocenters. The standard InChI is InChI=1S/2C10H20O2.Ca/c2*1-10(2,3)8-6-4-5-7-9(11)12;/h2*4-8H2,1-3H3,(H,11,12);/q;;+2/p-2. The molecule has 0 bridgehead atoms. The van der Waals surface area contributed by atoms with Gasteiger partial charge in [0.25, 0.3) is 0 Å². The van der Waals surface area contributed by atoms with Crippen molar-refractivity contribution in [2.24, 2.45) is 10.8 Å². The maximum absolute atomic E-state index is 10.0. The summed E-state index contributed by atoms with van der Waals surface area (Å²) in [5.74, 6) is -1.85. The summed E-state index contributed by atoms with van der Waals surface area (Å²) >= 11 is 0. The van der Waals surface area contributed by atoms with E-state index in [-0.39, 0.29) is 50.6 Å². The molecular weight excluding hydrogens is 344 g/mol. The van der Waals surface area contributed by atoms with E-state index in [0.29, 0.717) is 10.8 Å². The van der Waals surface area contributed by atoms with Gasteiger partial charge in [0.05, 0.1) is 0 Å². The zero-order valence-corrected chi connectivity index (χ0v) is 19.6. The Morgan fingerprint density at radius 2 is 0.880 bits per heavy atom. The first-order valence-electron chi connectivity index (χ1n) is 9.23. The summed E-state index contributed by atoms with van der Waals surface area (Å²) in [6.07, 6.45) is 8.54. The molecule has 0 spiro atoms. The maximum atomic E-state index is 10.0. The minimum atomic E-state index is -0.925. The van der Waals surface area contributed by atoms with E-state index in [1.54, 1.807) is 0 Å². The minimum Gasteiger partial charge on any atom is -0.550 e. The third kappa shape index (κ3) is 36.0. The molecular formula is C20H38CaO4. The van der Waals surface area contributed by atoms with Gasteiger partial charge in [-0.05, 0) is 49.4 Å². The fourth-order valence-electron chi connectivity index (χ4n) is 2.20. The summed E-state index contributed by atoms with van der Waals surface area (Å²) in [5.41, 5.74) is 0.753. The predicted octanol–water partition coefficient (Wildman–Crippen LogP) is 3.09. The largest absolute Gasteiger partial charge is 2.00 e. The van der Waals surface area contributed by atoms with Crippen LogP contribution in [0.2, 0.25) is 0 Å². The average molecular weight is 383 g/mol. The van der Waals surface area contributed by atoms with Gasteiger partial charge >= 0.3 is 37.7 Å². The number of carboxylic acids is 2. The average Bonchev–Trinajstić information content (AvgIpc) is 2.35. The van der Waals surface area contributed by atoms with Crippen LogP contribution >= 0.6 is 0 Å². The number of carbonyl (C=O) groups is 2. The molecule has 0 amide bonds. The Labute approximate surface area is 185 Å². The predicted molar refractivity (Wildman–Crippen MR) is 101 cm³/mol. The van der Waals surface area contributed by atoms with Gasteiger partial charge in [0.15, 0.2) is 0 Å². The molecule has 0 aliphatic heterocycles. The summed E-state index contributed by atoms with van der Waals surface area (Å²) in [4.78, 5) is 20.1. The van der Waals surface area contributed by atoms with Gasteiger partial charge in [0, 0.05) is 11.9 Å². The molecule has 0 fully saturated rings. The van der Waals surface area contributed by atoms with Crippen molar-refractivity contribution in [3.05, 3.63) is 0 Å². The van der Waals surface area contributed by atoms with E-state index in [4.69, 9.17) is 0 Å². The molecule has 0 saturated heterocycles. The SMILES string of the molecule is CC(C)(C)CCCCCC(=O)[O-].CC(C)(C)CCCCCC(=O)[O-].[Ca+2]. The van der Waals surface area contributed by atoms with Crippen molar-refractivity contribution in [3.63, 3.8) is 0 Å². The van der Waals surface area contributed by atoms with Crippen LogP contribution in [0.15, 0.2) is 0 Å². The Kier molecular flexibility index (Phi) is 19.6. The summed E-state index contributed by atoms with van der Waals surface area (Å²) in [7, 11) is 0. The van der Waals surface area contributed by atoms with Crippen molar-refractivity contribution < 1.29 is 19.8 Å². The monoisotopic (exact) mass is 382 g/mol. The number of hydrogen-bond donors (Lipinski definition) is 0. The molecule has 5 heteroatoms. The Bertz CT molecular complexity index is 307. The molecule has 0 radical (unpaired) electrons. The van der Waals surface area contributed by atoms with Gasteiger partial charge in [-0.2, -0.15) is 0 Å². The van der Waals surface area contributed by atoms with Crippen LogP contribution in [0, 0.1) is 10.8 Å². The van der Waals surface area contributed by atoms with Crippen molar-refractivity contribution in [2.45, 2.75) is 106 Å². The van der Waals surface area contributed by atoms with Gasteiger partial charge in [-0.15, -0.1) is 0 Å². The van der Waals surface area contributed by atoms with Gasteiger partial charge in [-0.3, -0.25) is 0 Å². The normalized spacial score (nSPS) is 11.1. The first-order valence-corrected chi connectivity index (χ1v) is 9.23. The second kappa shape index (κ2) is 16.4. The quantitative estimate of drug-likeness (QED) is 0.429. The van der Waals surface area contributed by atoms with Crippen LogP contribution in [-0.4, -0.2) is 49.7 Å². The smallest absolute Gasteiger partial charge is 0.550 e. The molecule has 0 aromatic rings. The third-order valence-corrected chi connectivity index (χ3v) is 3.62. The van der Waals surface area contributed by atoms with Crippen molar-refractivity contribution in [1.29, 1.82) is 0 Å². The molecule has 0 aliphatic rings. The summed E-state index contributed by atoms with van der Waals surface area (Å²) in [6.45, 7) is 13.2. The van der Waals surface area contributed by atoms with Gasteiger partial charge in [0.1, 0.15) is 0 Å². The fraction of sp³-hybridized carbons (Fsp3) is 0.900. The summed E-state index contributed by atoms with van der Waals surface area (Å²) in [6, 6.07) is 0. The third-order valence-electron chi connectivity index (χ3n) is 3.62. The molecule has 0 heterocycles. The first-order chi connectivity index (χ1) is 10.8. The van der Waals surface area contributed by atoms with Crippen LogP contribution in [0.25, 0.3) is 0 Å². The van der Waals surface area contributed by atoms with Crippen molar-refractivity contribution in [2.75, 3.05) is 0 Å². The second-order valence-corrected chi connectivity index (χ2v) is 8.99. The Morgan fingerprint density at radius 3 is 1.08 bits per heavy atom. The van der Waals surface area contributed by atoms with Crippen molar-refractivity contribution >= 4 is 49.7 Å². The molecule has 0 aliphatic carbocycles. The molecule has 0 saturated carbocycles. The van der Waals surface area contributed by atoms with Crippen LogP contribution < -0.4 is 10.2 Å². The van der Waals surface area contributed by atoms with Gasteiger partial charge in [-0.1, -0.05) is 67.2 Å². The molecule has 0 N–H and O–H groups in total. The number of rotatable bonds is 10. The van der Waals surface area contributed by atoms with E-state index in [0.717, 1.165) is 38.5 Å². The number of carbonyl (C=O) groups excluding carboxylic acids is 2. The molecule has 0 atom stereocenters. The van der Waals surface area contributed by atoms with Crippen molar-refractivity contribution in [1.82, 2.24) is 0 Å². The Hall–Kier alpha value is 0.200. The first kappa shape index (κ1) is 29.9. The second-order valence-electron chi connectivity index (χ2n) is 8.99.